The molecule has 4 heteroatoms. The van der Waals surface area contributed by atoms with Gasteiger partial charge in [-0.25, -0.2) is 0 Å². The van der Waals surface area contributed by atoms with Crippen molar-refractivity contribution in [3.8, 4) is 11.5 Å². The van der Waals surface area contributed by atoms with Crippen LogP contribution in [0.3, 0.4) is 0 Å². The van der Waals surface area contributed by atoms with Gasteiger partial charge in [0.1, 0.15) is 0 Å². The largest absolute Gasteiger partial charge is 0.491 e. The van der Waals surface area contributed by atoms with Crippen LogP contribution in [0.5, 0.6) is 11.5 Å². The van der Waals surface area contributed by atoms with Crippen molar-refractivity contribution in [1.29, 1.82) is 0 Å². The van der Waals surface area contributed by atoms with Gasteiger partial charge in [0, 0.05) is 11.8 Å². The van der Waals surface area contributed by atoms with Crippen molar-refractivity contribution in [3.05, 3.63) is 71.3 Å². The molecule has 0 amide bonds. The van der Waals surface area contributed by atoms with Crippen LogP contribution in [0.15, 0.2) is 48.6 Å². The van der Waals surface area contributed by atoms with Crippen molar-refractivity contribution in [1.82, 2.24) is 0 Å². The molecule has 2 unspecified atom stereocenters. The summed E-state index contributed by atoms with van der Waals surface area (Å²) in [6.07, 6.45) is 8.60. The molecule has 0 heterocycles. The lowest BCUT2D eigenvalue weighted by atomic mass is 9.84. The smallest absolute Gasteiger partial charge is 0.204 e. The molecule has 0 N–H and O–H groups in total. The van der Waals surface area contributed by atoms with Gasteiger partial charge in [0.25, 0.3) is 0 Å². The summed E-state index contributed by atoms with van der Waals surface area (Å²) in [7, 11) is 0. The van der Waals surface area contributed by atoms with Gasteiger partial charge in [-0.05, 0) is 49.4 Å². The molecule has 0 spiro atoms. The van der Waals surface area contributed by atoms with Gasteiger partial charge in [-0.15, -0.1) is 0 Å². The van der Waals surface area contributed by atoms with Gasteiger partial charge in [-0.3, -0.25) is 0 Å². The van der Waals surface area contributed by atoms with Crippen molar-refractivity contribution in [3.63, 3.8) is 0 Å². The maximum atomic E-state index is 14.1. The Balaban J connectivity index is 1.56. The first-order valence-corrected chi connectivity index (χ1v) is 10.1. The number of rotatable bonds is 8. The van der Waals surface area contributed by atoms with Gasteiger partial charge in [0.2, 0.25) is 11.6 Å². The normalized spacial score (nSPS) is 18.9. The highest BCUT2D eigenvalue weighted by Crippen LogP contribution is 2.32. The van der Waals surface area contributed by atoms with Gasteiger partial charge in [-0.2, -0.15) is 8.78 Å². The molecule has 2 nitrogen and oxygen atoms in total. The molecule has 0 fully saturated rings. The number of hydrogen-bond acceptors (Lipinski definition) is 2. The Hall–Kier alpha value is -2.36. The lowest BCUT2D eigenvalue weighted by Crippen LogP contribution is -2.15. The topological polar surface area (TPSA) is 18.5 Å². The first kappa shape index (κ1) is 20.4. The molecule has 3 rings (SSSR count). The number of aryl methyl sites for hydroxylation is 1. The van der Waals surface area contributed by atoms with E-state index in [0.717, 1.165) is 25.7 Å². The number of ether oxygens (including phenoxy) is 2. The molecule has 0 aromatic heterocycles. The molecule has 2 atom stereocenters. The SMILES string of the molecule is CCCc1ccc(C2C=CC(COc3ccc(OCC)c(F)c3F)CC2)cc1. The van der Waals surface area contributed by atoms with Gasteiger partial charge in [0.05, 0.1) is 13.2 Å². The van der Waals surface area contributed by atoms with Gasteiger partial charge < -0.3 is 9.47 Å². The number of allylic oxidation sites excluding steroid dienone is 1. The van der Waals surface area contributed by atoms with E-state index in [-0.39, 0.29) is 24.0 Å². The number of hydrogen-bond donors (Lipinski definition) is 0. The van der Waals surface area contributed by atoms with Crippen LogP contribution in [0.2, 0.25) is 0 Å². The summed E-state index contributed by atoms with van der Waals surface area (Å²) >= 11 is 0. The van der Waals surface area contributed by atoms with E-state index in [2.05, 4.69) is 43.3 Å². The zero-order valence-electron chi connectivity index (χ0n) is 16.6. The molecular formula is C24H28F2O2. The summed E-state index contributed by atoms with van der Waals surface area (Å²) in [4.78, 5) is 0. The summed E-state index contributed by atoms with van der Waals surface area (Å²) in [5.41, 5.74) is 2.71. The van der Waals surface area contributed by atoms with Crippen LogP contribution < -0.4 is 9.47 Å². The lowest BCUT2D eigenvalue weighted by molar-refractivity contribution is 0.243. The highest BCUT2D eigenvalue weighted by atomic mass is 19.2. The van der Waals surface area contributed by atoms with Crippen molar-refractivity contribution in [2.45, 2.75) is 45.4 Å². The molecule has 2 aromatic rings. The molecule has 0 saturated carbocycles. The maximum absolute atomic E-state index is 14.1. The zero-order valence-corrected chi connectivity index (χ0v) is 16.6. The van der Waals surface area contributed by atoms with E-state index >= 15 is 0 Å². The van der Waals surface area contributed by atoms with E-state index < -0.39 is 11.6 Å². The fraction of sp³-hybridized carbons (Fsp3) is 0.417. The van der Waals surface area contributed by atoms with E-state index in [9.17, 15) is 8.78 Å². The third-order valence-electron chi connectivity index (χ3n) is 5.17. The molecule has 0 radical (unpaired) electrons. The average molecular weight is 386 g/mol. The van der Waals surface area contributed by atoms with Crippen molar-refractivity contribution in [2.24, 2.45) is 5.92 Å². The Morgan fingerprint density at radius 1 is 0.857 bits per heavy atom. The predicted octanol–water partition coefficient (Wildman–Crippen LogP) is 6.44. The summed E-state index contributed by atoms with van der Waals surface area (Å²) < 4.78 is 38.7. The highest BCUT2D eigenvalue weighted by molar-refractivity contribution is 5.35. The highest BCUT2D eigenvalue weighted by Gasteiger charge is 2.20. The minimum atomic E-state index is -0.995. The van der Waals surface area contributed by atoms with Crippen LogP contribution in [0, 0.1) is 17.6 Å². The Kier molecular flexibility index (Phi) is 7.07. The van der Waals surface area contributed by atoms with Crippen LogP contribution in [-0.4, -0.2) is 13.2 Å². The van der Waals surface area contributed by atoms with E-state index in [1.807, 2.05) is 0 Å². The van der Waals surface area contributed by atoms with E-state index in [1.165, 1.54) is 23.3 Å². The van der Waals surface area contributed by atoms with Gasteiger partial charge >= 0.3 is 0 Å². The Bertz CT molecular complexity index is 799. The summed E-state index contributed by atoms with van der Waals surface area (Å²) in [6, 6.07) is 11.7. The number of benzene rings is 2. The Labute approximate surface area is 166 Å². The minimum Gasteiger partial charge on any atom is -0.491 e. The fourth-order valence-electron chi connectivity index (χ4n) is 3.60. The quantitative estimate of drug-likeness (QED) is 0.486. The van der Waals surface area contributed by atoms with Gasteiger partial charge in [-0.1, -0.05) is 49.8 Å². The van der Waals surface area contributed by atoms with Crippen LogP contribution in [-0.2, 0) is 6.42 Å². The van der Waals surface area contributed by atoms with Crippen molar-refractivity contribution in [2.75, 3.05) is 13.2 Å². The van der Waals surface area contributed by atoms with E-state index in [0.29, 0.717) is 12.5 Å². The summed E-state index contributed by atoms with van der Waals surface area (Å²) in [5, 5.41) is 0. The molecule has 150 valence electrons. The standard InChI is InChI=1S/C24H28F2O2/c1-3-5-17-6-10-19(11-7-17)20-12-8-18(9-13-20)16-28-22-15-14-21(27-4-2)23(25)24(22)26/h6-8,10-12,14-15,18,20H,3-5,9,13,16H2,1-2H3. The average Bonchev–Trinajstić information content (AvgIpc) is 2.72. The molecule has 1 aliphatic carbocycles. The zero-order chi connectivity index (χ0) is 19.9. The van der Waals surface area contributed by atoms with Crippen LogP contribution in [0.4, 0.5) is 8.78 Å². The molecule has 0 aliphatic heterocycles. The van der Waals surface area contributed by atoms with Gasteiger partial charge in [0.15, 0.2) is 11.5 Å². The van der Waals surface area contributed by atoms with Crippen LogP contribution in [0.1, 0.15) is 50.2 Å². The second-order valence-electron chi connectivity index (χ2n) is 7.25. The van der Waals surface area contributed by atoms with Crippen LogP contribution >= 0.6 is 0 Å². The fourth-order valence-corrected chi connectivity index (χ4v) is 3.60. The Morgan fingerprint density at radius 2 is 1.54 bits per heavy atom. The monoisotopic (exact) mass is 386 g/mol. The number of halogens is 2. The third kappa shape index (κ3) is 4.92. The second kappa shape index (κ2) is 9.72. The maximum Gasteiger partial charge on any atom is 0.204 e. The van der Waals surface area contributed by atoms with Crippen LogP contribution in [0.25, 0.3) is 0 Å². The molecule has 2 aromatic carbocycles. The molecule has 0 saturated heterocycles. The predicted molar refractivity (Wildman–Crippen MR) is 108 cm³/mol. The third-order valence-corrected chi connectivity index (χ3v) is 5.17. The van der Waals surface area contributed by atoms with Crippen molar-refractivity contribution >= 4 is 0 Å². The molecule has 0 bridgehead atoms. The van der Waals surface area contributed by atoms with E-state index in [1.54, 1.807) is 6.92 Å². The second-order valence-corrected chi connectivity index (χ2v) is 7.25. The summed E-state index contributed by atoms with van der Waals surface area (Å²) in [6.45, 7) is 4.53. The van der Waals surface area contributed by atoms with Crippen molar-refractivity contribution < 1.29 is 18.3 Å². The molecular weight excluding hydrogens is 358 g/mol. The lowest BCUT2D eigenvalue weighted by Gasteiger charge is -2.23. The van der Waals surface area contributed by atoms with E-state index in [4.69, 9.17) is 9.47 Å². The minimum absolute atomic E-state index is 0.0667. The first-order chi connectivity index (χ1) is 13.6. The molecule has 1 aliphatic rings. The first-order valence-electron chi connectivity index (χ1n) is 10.1. The summed E-state index contributed by atoms with van der Waals surface area (Å²) in [5.74, 6) is -1.53. The molecule has 28 heavy (non-hydrogen) atoms. The Morgan fingerprint density at radius 3 is 2.11 bits per heavy atom.